The second-order valence-electron chi connectivity index (χ2n) is 9.13. The summed E-state index contributed by atoms with van der Waals surface area (Å²) in [5.41, 5.74) is 0.164. The molecular formula is C25H26ClF3NO4+. The quantitative estimate of drug-likeness (QED) is 0.508. The van der Waals surface area contributed by atoms with Crippen molar-refractivity contribution in [3.8, 4) is 17.2 Å². The van der Waals surface area contributed by atoms with Crippen molar-refractivity contribution in [2.45, 2.75) is 46.3 Å². The third-order valence-corrected chi connectivity index (χ3v) is 6.87. The minimum Gasteiger partial charge on any atom is -0.507 e. The Hall–Kier alpha value is -2.71. The number of likely N-dealkylation sites (tertiary alicyclic amines) is 1. The highest BCUT2D eigenvalue weighted by Crippen LogP contribution is 2.40. The largest absolute Gasteiger partial charge is 0.507 e. The number of hydrogen-bond donors (Lipinski definition) is 2. The van der Waals surface area contributed by atoms with Gasteiger partial charge in [0.15, 0.2) is 5.58 Å². The number of hydrogen-bond acceptors (Lipinski definition) is 4. The predicted octanol–water partition coefficient (Wildman–Crippen LogP) is 5.39. The molecule has 2 N–H and O–H groups in total. The Morgan fingerprint density at radius 2 is 1.91 bits per heavy atom. The smallest absolute Gasteiger partial charge is 0.453 e. The molecule has 1 aromatic heterocycles. The van der Waals surface area contributed by atoms with Crippen molar-refractivity contribution in [3.05, 3.63) is 62.0 Å². The van der Waals surface area contributed by atoms with Crippen LogP contribution in [-0.4, -0.2) is 18.2 Å². The van der Waals surface area contributed by atoms with Crippen molar-refractivity contribution in [2.75, 3.05) is 13.1 Å². The van der Waals surface area contributed by atoms with E-state index in [0.29, 0.717) is 22.1 Å². The lowest BCUT2D eigenvalue weighted by Crippen LogP contribution is -3.12. The minimum atomic E-state index is -4.99. The average Bonchev–Trinajstić information content (AvgIpc) is 2.75. The molecule has 1 unspecified atom stereocenters. The molecule has 1 fully saturated rings. The first-order valence-electron chi connectivity index (χ1n) is 11.1. The molecule has 5 nitrogen and oxygen atoms in total. The number of quaternary nitrogens is 1. The van der Waals surface area contributed by atoms with Crippen LogP contribution in [0.15, 0.2) is 33.5 Å². The molecule has 0 amide bonds. The molecule has 2 aromatic carbocycles. The fraction of sp³-hybridized carbons (Fsp3) is 0.400. The minimum absolute atomic E-state index is 0.0438. The number of phenolic OH excluding ortho intramolecular Hbond substituents is 1. The van der Waals surface area contributed by atoms with Crippen molar-refractivity contribution in [3.63, 3.8) is 0 Å². The highest BCUT2D eigenvalue weighted by Gasteiger charge is 2.41. The molecule has 3 aromatic rings. The van der Waals surface area contributed by atoms with Crippen LogP contribution >= 0.6 is 11.6 Å². The predicted molar refractivity (Wildman–Crippen MR) is 123 cm³/mol. The number of aromatic hydroxyl groups is 1. The topological polar surface area (TPSA) is 64.1 Å². The summed E-state index contributed by atoms with van der Waals surface area (Å²) in [6.45, 7) is 7.40. The summed E-state index contributed by atoms with van der Waals surface area (Å²) in [5.74, 6) is -2.18. The van der Waals surface area contributed by atoms with Crippen LogP contribution in [0.4, 0.5) is 13.2 Å². The van der Waals surface area contributed by atoms with E-state index in [1.54, 1.807) is 13.8 Å². The molecule has 0 spiro atoms. The maximum Gasteiger partial charge on any atom is 0.453 e. The van der Waals surface area contributed by atoms with E-state index in [1.165, 1.54) is 24.3 Å². The van der Waals surface area contributed by atoms with Crippen molar-refractivity contribution in [1.29, 1.82) is 0 Å². The van der Waals surface area contributed by atoms with Gasteiger partial charge in [-0.15, -0.1) is 0 Å². The zero-order valence-corrected chi connectivity index (χ0v) is 19.9. The lowest BCUT2D eigenvalue weighted by Gasteiger charge is -2.28. The summed E-state index contributed by atoms with van der Waals surface area (Å²) in [6.07, 6.45) is -2.92. The van der Waals surface area contributed by atoms with Gasteiger partial charge in [0.2, 0.25) is 11.2 Å². The Morgan fingerprint density at radius 3 is 2.53 bits per heavy atom. The van der Waals surface area contributed by atoms with Crippen LogP contribution in [0.3, 0.4) is 0 Å². The van der Waals surface area contributed by atoms with Crippen LogP contribution in [0.2, 0.25) is 5.02 Å². The zero-order valence-electron chi connectivity index (χ0n) is 19.1. The van der Waals surface area contributed by atoms with Crippen molar-refractivity contribution < 1.29 is 32.3 Å². The summed E-state index contributed by atoms with van der Waals surface area (Å²) in [5, 5.41) is 10.9. The van der Waals surface area contributed by atoms with Crippen LogP contribution in [0.25, 0.3) is 11.0 Å². The Kier molecular flexibility index (Phi) is 6.57. The fourth-order valence-electron chi connectivity index (χ4n) is 4.63. The van der Waals surface area contributed by atoms with Gasteiger partial charge in [-0.3, -0.25) is 4.79 Å². The molecule has 0 bridgehead atoms. The second-order valence-corrected chi connectivity index (χ2v) is 9.51. The molecule has 1 aliphatic rings. The van der Waals surface area contributed by atoms with Crippen molar-refractivity contribution in [1.82, 2.24) is 0 Å². The first-order chi connectivity index (χ1) is 16.0. The number of alkyl halides is 3. The van der Waals surface area contributed by atoms with Crippen LogP contribution in [0.1, 0.15) is 42.2 Å². The Morgan fingerprint density at radius 1 is 1.24 bits per heavy atom. The van der Waals surface area contributed by atoms with Gasteiger partial charge in [0, 0.05) is 10.9 Å². The van der Waals surface area contributed by atoms with Gasteiger partial charge in [0.25, 0.3) is 5.76 Å². The van der Waals surface area contributed by atoms with Crippen LogP contribution in [0.5, 0.6) is 17.2 Å². The third kappa shape index (κ3) is 4.74. The number of halogens is 4. The van der Waals surface area contributed by atoms with E-state index in [-0.39, 0.29) is 34.6 Å². The fourth-order valence-corrected chi connectivity index (χ4v) is 4.74. The van der Waals surface area contributed by atoms with Gasteiger partial charge < -0.3 is 19.2 Å². The summed E-state index contributed by atoms with van der Waals surface area (Å²) in [7, 11) is 0. The maximum absolute atomic E-state index is 14.0. The van der Waals surface area contributed by atoms with E-state index < -0.39 is 23.1 Å². The van der Waals surface area contributed by atoms with E-state index in [2.05, 4.69) is 6.92 Å². The van der Waals surface area contributed by atoms with E-state index in [1.807, 2.05) is 0 Å². The summed E-state index contributed by atoms with van der Waals surface area (Å²) in [6, 6.07) is 5.50. The summed E-state index contributed by atoms with van der Waals surface area (Å²) < 4.78 is 52.9. The van der Waals surface area contributed by atoms with Gasteiger partial charge in [-0.1, -0.05) is 18.5 Å². The van der Waals surface area contributed by atoms with Gasteiger partial charge in [0.1, 0.15) is 18.0 Å². The Labute approximate surface area is 199 Å². The molecular weight excluding hydrogens is 471 g/mol. The Bertz CT molecular complexity index is 1280. The van der Waals surface area contributed by atoms with Gasteiger partial charge in [0.05, 0.1) is 24.0 Å². The number of benzene rings is 2. The average molecular weight is 497 g/mol. The van der Waals surface area contributed by atoms with Crippen molar-refractivity contribution in [2.24, 2.45) is 5.92 Å². The molecule has 0 radical (unpaired) electrons. The lowest BCUT2D eigenvalue weighted by atomic mass is 9.99. The highest BCUT2D eigenvalue weighted by molar-refractivity contribution is 6.32. The molecule has 4 rings (SSSR count). The van der Waals surface area contributed by atoms with E-state index >= 15 is 0 Å². The van der Waals surface area contributed by atoms with Crippen LogP contribution in [0, 0.1) is 19.8 Å². The first kappa shape index (κ1) is 24.4. The van der Waals surface area contributed by atoms with Crippen LogP contribution in [-0.2, 0) is 12.7 Å². The Balaban J connectivity index is 1.87. The molecule has 1 aliphatic heterocycles. The standard InChI is InChI=1S/C25H25ClF3NO4/c1-13-5-4-8-30(11-13)12-18-19(31)7-6-17-21(32)23(24(25(27,28)29)34-22(17)18)33-16-9-14(2)20(26)15(3)10-16/h6-7,9-10,13,31H,4-5,8,11-12H2,1-3H3/p+1/t13-/m1/s1. The third-order valence-electron chi connectivity index (χ3n) is 6.28. The highest BCUT2D eigenvalue weighted by atomic mass is 35.5. The van der Waals surface area contributed by atoms with E-state index in [9.17, 15) is 23.1 Å². The van der Waals surface area contributed by atoms with E-state index in [4.69, 9.17) is 20.8 Å². The summed E-state index contributed by atoms with van der Waals surface area (Å²) >= 11 is 6.15. The van der Waals surface area contributed by atoms with Gasteiger partial charge in [-0.2, -0.15) is 13.2 Å². The zero-order chi connectivity index (χ0) is 24.8. The number of phenols is 1. The van der Waals surface area contributed by atoms with Gasteiger partial charge >= 0.3 is 6.18 Å². The summed E-state index contributed by atoms with van der Waals surface area (Å²) in [4.78, 5) is 14.4. The normalized spacial score (nSPS) is 18.9. The van der Waals surface area contributed by atoms with Gasteiger partial charge in [-0.05, 0) is 62.1 Å². The van der Waals surface area contributed by atoms with E-state index in [0.717, 1.165) is 30.8 Å². The molecule has 2 heterocycles. The van der Waals surface area contributed by atoms with Crippen molar-refractivity contribution >= 4 is 22.6 Å². The lowest BCUT2D eigenvalue weighted by molar-refractivity contribution is -0.922. The maximum atomic E-state index is 14.0. The van der Waals surface area contributed by atoms with Crippen LogP contribution < -0.4 is 15.1 Å². The number of rotatable bonds is 4. The molecule has 2 atom stereocenters. The number of aryl methyl sites for hydroxylation is 2. The number of fused-ring (bicyclic) bond motifs is 1. The first-order valence-corrected chi connectivity index (χ1v) is 11.5. The monoisotopic (exact) mass is 496 g/mol. The number of piperidine rings is 1. The SMILES string of the molecule is Cc1cc(Oc2c(C(F)(F)F)oc3c(C[NH+]4CCC[C@@H](C)C4)c(O)ccc3c2=O)cc(C)c1Cl. The molecule has 182 valence electrons. The molecule has 34 heavy (non-hydrogen) atoms. The second kappa shape index (κ2) is 9.15. The number of nitrogens with one attached hydrogen (secondary N) is 1. The van der Waals surface area contributed by atoms with Gasteiger partial charge in [-0.25, -0.2) is 0 Å². The molecule has 9 heteroatoms. The molecule has 0 aliphatic carbocycles. The molecule has 1 saturated heterocycles. The number of ether oxygens (including phenoxy) is 1. The molecule has 0 saturated carbocycles.